The highest BCUT2D eigenvalue weighted by molar-refractivity contribution is 5.76. The van der Waals surface area contributed by atoms with Crippen LogP contribution < -0.4 is 0 Å². The Morgan fingerprint density at radius 3 is 2.55 bits per heavy atom. The Hall–Kier alpha value is -2.11. The highest BCUT2D eigenvalue weighted by Gasteiger charge is 2.43. The summed E-state index contributed by atoms with van der Waals surface area (Å²) >= 11 is 0. The smallest absolute Gasteiger partial charge is 0.311 e. The third kappa shape index (κ3) is 6.27. The summed E-state index contributed by atoms with van der Waals surface area (Å²) in [7, 11) is 0. The molecule has 0 spiro atoms. The molecule has 3 rings (SSSR count). The van der Waals surface area contributed by atoms with Gasteiger partial charge in [0, 0.05) is 19.3 Å². The van der Waals surface area contributed by atoms with E-state index in [2.05, 4.69) is 32.1 Å². The molecule has 1 aliphatic heterocycles. The Kier molecular flexibility index (Phi) is 8.07. The number of carbonyl (C=O) groups is 3. The number of esters is 3. The zero-order valence-electron chi connectivity index (χ0n) is 21.0. The van der Waals surface area contributed by atoms with Gasteiger partial charge in [0.2, 0.25) is 0 Å². The first-order chi connectivity index (χ1) is 15.5. The second kappa shape index (κ2) is 10.4. The molecule has 1 fully saturated rings. The molecular weight excluding hydrogens is 420 g/mol. The lowest BCUT2D eigenvalue weighted by Crippen LogP contribution is -2.43. The van der Waals surface area contributed by atoms with Crippen molar-refractivity contribution >= 4 is 17.9 Å². The Labute approximate surface area is 198 Å². The van der Waals surface area contributed by atoms with E-state index in [1.165, 1.54) is 12.5 Å². The molecular formula is C27H40O6. The molecule has 2 aliphatic carbocycles. The van der Waals surface area contributed by atoms with E-state index in [-0.39, 0.29) is 48.4 Å². The number of hydrogen-bond acceptors (Lipinski definition) is 6. The maximum absolute atomic E-state index is 12.9. The molecule has 0 amide bonds. The molecule has 0 aromatic carbocycles. The van der Waals surface area contributed by atoms with Crippen LogP contribution in [-0.4, -0.2) is 36.2 Å². The van der Waals surface area contributed by atoms with Crippen LogP contribution in [0.4, 0.5) is 0 Å². The number of fused-ring (bicyclic) bond motifs is 1. The van der Waals surface area contributed by atoms with Gasteiger partial charge in [-0.1, -0.05) is 39.0 Å². The zero-order valence-corrected chi connectivity index (χ0v) is 21.0. The fourth-order valence-electron chi connectivity index (χ4n) is 5.39. The van der Waals surface area contributed by atoms with Crippen LogP contribution in [0.1, 0.15) is 80.1 Å². The van der Waals surface area contributed by atoms with Gasteiger partial charge in [-0.2, -0.15) is 0 Å². The Balaban J connectivity index is 1.74. The Morgan fingerprint density at radius 1 is 1.15 bits per heavy atom. The van der Waals surface area contributed by atoms with E-state index in [4.69, 9.17) is 14.2 Å². The number of hydrogen-bond donors (Lipinski definition) is 0. The lowest BCUT2D eigenvalue weighted by molar-refractivity contribution is -0.170. The summed E-state index contributed by atoms with van der Waals surface area (Å²) in [6.07, 6.45) is 9.70. The summed E-state index contributed by atoms with van der Waals surface area (Å²) in [5.74, 6) is 0.283. The second-order valence-corrected chi connectivity index (χ2v) is 10.8. The Bertz CT molecular complexity index is 807. The minimum absolute atomic E-state index is 0.122. The zero-order chi connectivity index (χ0) is 24.3. The van der Waals surface area contributed by atoms with E-state index in [1.54, 1.807) is 0 Å². The van der Waals surface area contributed by atoms with Crippen molar-refractivity contribution in [2.24, 2.45) is 29.1 Å². The third-order valence-electron chi connectivity index (χ3n) is 7.66. The van der Waals surface area contributed by atoms with Crippen LogP contribution in [0.5, 0.6) is 0 Å². The highest BCUT2D eigenvalue weighted by Crippen LogP contribution is 2.45. The van der Waals surface area contributed by atoms with Crippen LogP contribution in [0.25, 0.3) is 0 Å². The van der Waals surface area contributed by atoms with Gasteiger partial charge in [0.15, 0.2) is 0 Å². The third-order valence-corrected chi connectivity index (χ3v) is 7.66. The van der Waals surface area contributed by atoms with Crippen molar-refractivity contribution in [3.8, 4) is 0 Å². The molecule has 184 valence electrons. The molecule has 0 radical (unpaired) electrons. The van der Waals surface area contributed by atoms with Gasteiger partial charge in [-0.15, -0.1) is 0 Å². The summed E-state index contributed by atoms with van der Waals surface area (Å²) in [6.45, 7) is 11.6. The van der Waals surface area contributed by atoms with Gasteiger partial charge >= 0.3 is 17.9 Å². The van der Waals surface area contributed by atoms with E-state index in [0.717, 1.165) is 19.3 Å². The number of rotatable bonds is 7. The summed E-state index contributed by atoms with van der Waals surface area (Å²) in [5, 5.41) is 0. The topological polar surface area (TPSA) is 78.9 Å². The van der Waals surface area contributed by atoms with Gasteiger partial charge in [-0.05, 0) is 62.9 Å². The molecule has 6 heteroatoms. The summed E-state index contributed by atoms with van der Waals surface area (Å²) in [6, 6.07) is 0. The number of carbonyl (C=O) groups excluding carboxylic acids is 3. The SMILES string of the molecule is CCC(C)(C)C(=O)O[C@H]1C[C@@H](C)C=C2C=C[C@H](C)[C@H](CC[C@H]3C[C@@H](OC(C)=O)CC(=O)O3)[C@@H]21. The quantitative estimate of drug-likeness (QED) is 0.386. The monoisotopic (exact) mass is 460 g/mol. The van der Waals surface area contributed by atoms with Gasteiger partial charge in [0.05, 0.1) is 11.8 Å². The normalized spacial score (nSPS) is 34.1. The average Bonchev–Trinajstić information content (AvgIpc) is 2.72. The number of ether oxygens (including phenoxy) is 3. The van der Waals surface area contributed by atoms with Crippen LogP contribution in [-0.2, 0) is 28.6 Å². The number of cyclic esters (lactones) is 1. The van der Waals surface area contributed by atoms with Gasteiger partial charge in [0.25, 0.3) is 0 Å². The van der Waals surface area contributed by atoms with Crippen molar-refractivity contribution in [3.63, 3.8) is 0 Å². The molecule has 0 aromatic heterocycles. The first-order valence-corrected chi connectivity index (χ1v) is 12.5. The van der Waals surface area contributed by atoms with Crippen molar-refractivity contribution in [1.82, 2.24) is 0 Å². The van der Waals surface area contributed by atoms with E-state index < -0.39 is 11.5 Å². The van der Waals surface area contributed by atoms with Crippen LogP contribution >= 0.6 is 0 Å². The molecule has 0 aromatic rings. The fourth-order valence-corrected chi connectivity index (χ4v) is 5.39. The molecule has 0 unspecified atom stereocenters. The van der Waals surface area contributed by atoms with E-state index in [9.17, 15) is 14.4 Å². The van der Waals surface area contributed by atoms with Crippen molar-refractivity contribution in [1.29, 1.82) is 0 Å². The molecule has 0 saturated carbocycles. The van der Waals surface area contributed by atoms with Gasteiger partial charge in [-0.3, -0.25) is 14.4 Å². The van der Waals surface area contributed by atoms with Crippen molar-refractivity contribution < 1.29 is 28.6 Å². The summed E-state index contributed by atoms with van der Waals surface area (Å²) in [4.78, 5) is 36.3. The van der Waals surface area contributed by atoms with Crippen LogP contribution in [0.3, 0.4) is 0 Å². The molecule has 33 heavy (non-hydrogen) atoms. The molecule has 6 nitrogen and oxygen atoms in total. The van der Waals surface area contributed by atoms with Crippen LogP contribution in [0.15, 0.2) is 23.8 Å². The molecule has 3 aliphatic rings. The predicted octanol–water partition coefficient (Wildman–Crippen LogP) is 5.16. The van der Waals surface area contributed by atoms with E-state index in [0.29, 0.717) is 24.7 Å². The predicted molar refractivity (Wildman–Crippen MR) is 125 cm³/mol. The first-order valence-electron chi connectivity index (χ1n) is 12.5. The molecule has 0 N–H and O–H groups in total. The maximum atomic E-state index is 12.9. The molecule has 7 atom stereocenters. The second-order valence-electron chi connectivity index (χ2n) is 10.8. The van der Waals surface area contributed by atoms with Crippen molar-refractivity contribution in [2.75, 3.05) is 0 Å². The van der Waals surface area contributed by atoms with Gasteiger partial charge < -0.3 is 14.2 Å². The summed E-state index contributed by atoms with van der Waals surface area (Å²) in [5.41, 5.74) is 0.750. The molecule has 0 bridgehead atoms. The lowest BCUT2D eigenvalue weighted by Gasteiger charge is -2.44. The average molecular weight is 461 g/mol. The minimum atomic E-state index is -0.502. The largest absolute Gasteiger partial charge is 0.462 e. The van der Waals surface area contributed by atoms with Gasteiger partial charge in [-0.25, -0.2) is 0 Å². The highest BCUT2D eigenvalue weighted by atomic mass is 16.6. The first kappa shape index (κ1) is 25.5. The van der Waals surface area contributed by atoms with Crippen LogP contribution in [0.2, 0.25) is 0 Å². The van der Waals surface area contributed by atoms with Crippen molar-refractivity contribution in [2.45, 2.75) is 98.4 Å². The standard InChI is InChI=1S/C27H40O6/c1-7-27(5,6)26(30)33-23-13-16(2)12-19-9-8-17(3)22(25(19)23)11-10-20-14-21(31-18(4)28)15-24(29)32-20/h8-9,12,16-17,20-23,25H,7,10-11,13-15H2,1-6H3/t16-,17-,20-,21+,22-,23-,25+/m0/s1. The molecule has 1 saturated heterocycles. The minimum Gasteiger partial charge on any atom is -0.462 e. The summed E-state index contributed by atoms with van der Waals surface area (Å²) < 4.78 is 17.0. The Morgan fingerprint density at radius 2 is 1.88 bits per heavy atom. The van der Waals surface area contributed by atoms with Crippen LogP contribution in [0, 0.1) is 29.1 Å². The van der Waals surface area contributed by atoms with E-state index >= 15 is 0 Å². The van der Waals surface area contributed by atoms with Crippen molar-refractivity contribution in [3.05, 3.63) is 23.8 Å². The lowest BCUT2D eigenvalue weighted by atomic mass is 9.65. The fraction of sp³-hybridized carbons (Fsp3) is 0.741. The van der Waals surface area contributed by atoms with E-state index in [1.807, 2.05) is 20.8 Å². The molecule has 1 heterocycles. The maximum Gasteiger partial charge on any atom is 0.311 e. The number of allylic oxidation sites excluding steroid dienone is 3. The van der Waals surface area contributed by atoms with Gasteiger partial charge in [0.1, 0.15) is 18.3 Å².